The zero-order valence-electron chi connectivity index (χ0n) is 17.8. The van der Waals surface area contributed by atoms with Crippen LogP contribution in [0.25, 0.3) is 0 Å². The summed E-state index contributed by atoms with van der Waals surface area (Å²) < 4.78 is 10.3. The lowest BCUT2D eigenvalue weighted by Gasteiger charge is -2.05. The zero-order chi connectivity index (χ0) is 21.2. The first kappa shape index (κ1) is 24.8. The van der Waals surface area contributed by atoms with E-state index in [4.69, 9.17) is 9.47 Å². The second kappa shape index (κ2) is 16.7. The summed E-state index contributed by atoms with van der Waals surface area (Å²) in [6, 6.07) is 0. The second-order valence-corrected chi connectivity index (χ2v) is 7.00. The highest BCUT2D eigenvalue weighted by molar-refractivity contribution is 6.09. The maximum atomic E-state index is 12.1. The number of ketones is 1. The number of esters is 1. The molecule has 0 radical (unpaired) electrons. The summed E-state index contributed by atoms with van der Waals surface area (Å²) >= 11 is 0. The van der Waals surface area contributed by atoms with Gasteiger partial charge >= 0.3 is 5.97 Å². The highest BCUT2D eigenvalue weighted by atomic mass is 16.6. The third-order valence-electron chi connectivity index (χ3n) is 4.48. The van der Waals surface area contributed by atoms with Gasteiger partial charge in [0.15, 0.2) is 6.10 Å². The molecular formula is C25H36O4. The number of hydrogen-bond acceptors (Lipinski definition) is 4. The molecule has 0 bridgehead atoms. The van der Waals surface area contributed by atoms with E-state index in [-0.39, 0.29) is 12.4 Å². The molecule has 4 nitrogen and oxygen atoms in total. The predicted octanol–water partition coefficient (Wildman–Crippen LogP) is 5.81. The van der Waals surface area contributed by atoms with Crippen molar-refractivity contribution in [3.05, 3.63) is 61.3 Å². The van der Waals surface area contributed by atoms with Crippen LogP contribution >= 0.6 is 0 Å². The van der Waals surface area contributed by atoms with Gasteiger partial charge in [-0.05, 0) is 44.9 Å². The van der Waals surface area contributed by atoms with Gasteiger partial charge in [0.05, 0.1) is 6.61 Å². The summed E-state index contributed by atoms with van der Waals surface area (Å²) in [5, 5.41) is 0. The molecule has 0 aromatic heterocycles. The Labute approximate surface area is 176 Å². The van der Waals surface area contributed by atoms with Crippen molar-refractivity contribution in [2.24, 2.45) is 0 Å². The summed E-state index contributed by atoms with van der Waals surface area (Å²) in [5.74, 6) is -0.874. The van der Waals surface area contributed by atoms with Crippen LogP contribution in [-0.4, -0.2) is 30.6 Å². The number of cyclic esters (lactones) is 1. The largest absolute Gasteiger partial charge is 0.452 e. The number of hydrogen-bond donors (Lipinski definition) is 0. The van der Waals surface area contributed by atoms with E-state index in [9.17, 15) is 9.59 Å². The van der Waals surface area contributed by atoms with Crippen LogP contribution in [0.1, 0.15) is 64.7 Å². The fraction of sp³-hybridized carbons (Fsp3) is 0.520. The minimum Gasteiger partial charge on any atom is -0.452 e. The van der Waals surface area contributed by atoms with Gasteiger partial charge in [0, 0.05) is 0 Å². The van der Waals surface area contributed by atoms with E-state index >= 15 is 0 Å². The molecule has 4 heteroatoms. The quantitative estimate of drug-likeness (QED) is 0.142. The molecule has 29 heavy (non-hydrogen) atoms. The molecule has 1 heterocycles. The third-order valence-corrected chi connectivity index (χ3v) is 4.48. The number of rotatable bonds is 16. The van der Waals surface area contributed by atoms with Crippen molar-refractivity contribution >= 4 is 11.8 Å². The van der Waals surface area contributed by atoms with E-state index in [0.29, 0.717) is 12.8 Å². The Balaban J connectivity index is 2.07. The minimum absolute atomic E-state index is 0.162. The van der Waals surface area contributed by atoms with Crippen molar-refractivity contribution in [1.29, 1.82) is 0 Å². The van der Waals surface area contributed by atoms with Crippen LogP contribution < -0.4 is 0 Å². The van der Waals surface area contributed by atoms with Crippen molar-refractivity contribution < 1.29 is 19.1 Å². The first-order chi connectivity index (χ1) is 14.2. The van der Waals surface area contributed by atoms with Gasteiger partial charge in [-0.25, -0.2) is 4.79 Å². The fourth-order valence-corrected chi connectivity index (χ4v) is 2.87. The second-order valence-electron chi connectivity index (χ2n) is 7.00. The minimum atomic E-state index is -1.09. The Hall–Kier alpha value is -2.20. The Kier molecular flexibility index (Phi) is 14.3. The Morgan fingerprint density at radius 2 is 1.48 bits per heavy atom. The van der Waals surface area contributed by atoms with Crippen molar-refractivity contribution in [3.8, 4) is 0 Å². The molecule has 1 fully saturated rings. The molecule has 1 rings (SSSR count). The van der Waals surface area contributed by atoms with Gasteiger partial charge in [0.25, 0.3) is 0 Å². The molecule has 1 aliphatic heterocycles. The average Bonchev–Trinajstić information content (AvgIpc) is 2.99. The molecule has 1 unspecified atom stereocenters. The van der Waals surface area contributed by atoms with Crippen LogP contribution in [-0.2, 0) is 19.1 Å². The molecule has 1 aliphatic rings. The van der Waals surface area contributed by atoms with Crippen molar-refractivity contribution in [1.82, 2.24) is 0 Å². The lowest BCUT2D eigenvalue weighted by Crippen LogP contribution is -2.28. The molecule has 0 aliphatic carbocycles. The Morgan fingerprint density at radius 1 is 0.897 bits per heavy atom. The molecule has 0 saturated carbocycles. The highest BCUT2D eigenvalue weighted by Crippen LogP contribution is 2.18. The van der Waals surface area contributed by atoms with Crippen LogP contribution in [0.5, 0.6) is 0 Å². The SMILES string of the molecule is C=CCOC1C(=O)O[C@@H](CCC=CCC=CCC=CCC=CCCCCC)C1=O. The van der Waals surface area contributed by atoms with E-state index in [1.165, 1.54) is 31.8 Å². The van der Waals surface area contributed by atoms with Gasteiger partial charge in [-0.15, -0.1) is 6.58 Å². The molecule has 0 amide bonds. The highest BCUT2D eigenvalue weighted by Gasteiger charge is 2.43. The number of allylic oxidation sites excluding steroid dienone is 8. The van der Waals surface area contributed by atoms with Crippen LogP contribution in [0, 0.1) is 0 Å². The Morgan fingerprint density at radius 3 is 2.07 bits per heavy atom. The van der Waals surface area contributed by atoms with E-state index in [0.717, 1.165) is 19.3 Å². The molecule has 0 aromatic rings. The normalized spacial score (nSPS) is 20.0. The molecular weight excluding hydrogens is 364 g/mol. The Bertz CT molecular complexity index is 598. The lowest BCUT2D eigenvalue weighted by atomic mass is 10.1. The van der Waals surface area contributed by atoms with Crippen molar-refractivity contribution in [2.45, 2.75) is 76.9 Å². The van der Waals surface area contributed by atoms with Gasteiger partial charge in [-0.2, -0.15) is 0 Å². The average molecular weight is 401 g/mol. The first-order valence-electron chi connectivity index (χ1n) is 10.8. The zero-order valence-corrected chi connectivity index (χ0v) is 17.8. The van der Waals surface area contributed by atoms with Crippen LogP contribution in [0.15, 0.2) is 61.3 Å². The molecule has 0 N–H and O–H groups in total. The number of ether oxygens (including phenoxy) is 2. The molecule has 0 spiro atoms. The predicted molar refractivity (Wildman–Crippen MR) is 119 cm³/mol. The number of carbonyl (C=O) groups excluding carboxylic acids is 2. The van der Waals surface area contributed by atoms with Crippen molar-refractivity contribution in [2.75, 3.05) is 6.61 Å². The first-order valence-corrected chi connectivity index (χ1v) is 10.8. The topological polar surface area (TPSA) is 52.6 Å². The maximum Gasteiger partial charge on any atom is 0.343 e. The van der Waals surface area contributed by atoms with Gasteiger partial charge in [-0.1, -0.05) is 74.4 Å². The van der Waals surface area contributed by atoms with E-state index in [1.807, 2.05) is 6.08 Å². The van der Waals surface area contributed by atoms with Crippen LogP contribution in [0.4, 0.5) is 0 Å². The molecule has 1 saturated heterocycles. The van der Waals surface area contributed by atoms with E-state index in [1.54, 1.807) is 0 Å². The van der Waals surface area contributed by atoms with Gasteiger partial charge in [-0.3, -0.25) is 4.79 Å². The van der Waals surface area contributed by atoms with Crippen molar-refractivity contribution in [3.63, 3.8) is 0 Å². The summed E-state index contributed by atoms with van der Waals surface area (Å²) in [6.07, 6.45) is 26.0. The lowest BCUT2D eigenvalue weighted by molar-refractivity contribution is -0.149. The summed E-state index contributed by atoms with van der Waals surface area (Å²) in [7, 11) is 0. The van der Waals surface area contributed by atoms with E-state index in [2.05, 4.69) is 56.0 Å². The van der Waals surface area contributed by atoms with E-state index < -0.39 is 18.2 Å². The number of carbonyl (C=O) groups is 2. The summed E-state index contributed by atoms with van der Waals surface area (Å²) in [5.41, 5.74) is 0. The van der Waals surface area contributed by atoms with Crippen LogP contribution in [0.3, 0.4) is 0 Å². The third kappa shape index (κ3) is 11.4. The van der Waals surface area contributed by atoms with Gasteiger partial charge in [0.2, 0.25) is 11.9 Å². The summed E-state index contributed by atoms with van der Waals surface area (Å²) in [4.78, 5) is 23.7. The van der Waals surface area contributed by atoms with Gasteiger partial charge in [0.1, 0.15) is 0 Å². The molecule has 2 atom stereocenters. The molecule has 0 aromatic carbocycles. The molecule has 160 valence electrons. The van der Waals surface area contributed by atoms with Gasteiger partial charge < -0.3 is 9.47 Å². The maximum absolute atomic E-state index is 12.1. The summed E-state index contributed by atoms with van der Waals surface area (Å²) in [6.45, 7) is 5.89. The monoisotopic (exact) mass is 400 g/mol. The number of unbranched alkanes of at least 4 members (excludes halogenated alkanes) is 3. The van der Waals surface area contributed by atoms with Crippen LogP contribution in [0.2, 0.25) is 0 Å². The fourth-order valence-electron chi connectivity index (χ4n) is 2.87. The smallest absolute Gasteiger partial charge is 0.343 e. The standard InChI is InChI=1S/C25H36O4/c1-3-5-6-7-8-9-10-11-12-13-14-15-16-17-18-19-20-22-23(26)24(25(27)29-22)28-21-4-2/h4,8-9,11-12,14-15,17-18,22,24H,2-3,5-7,10,13,16,19-21H2,1H3/t22-,24?/m0/s1. The number of Topliss-reactive ketones (excluding diaryl/α,β-unsaturated/α-hetero) is 1.